The maximum atomic E-state index is 11.0. The van der Waals surface area contributed by atoms with Gasteiger partial charge in [0, 0.05) is 19.6 Å². The van der Waals surface area contributed by atoms with Gasteiger partial charge in [-0.05, 0) is 18.4 Å². The summed E-state index contributed by atoms with van der Waals surface area (Å²) in [6.45, 7) is 6.50. The minimum atomic E-state index is -0.663. The maximum absolute atomic E-state index is 11.0. The van der Waals surface area contributed by atoms with Crippen LogP contribution in [-0.4, -0.2) is 29.1 Å². The minimum absolute atomic E-state index is 0.208. The molecule has 1 saturated heterocycles. The van der Waals surface area contributed by atoms with Crippen LogP contribution in [0.3, 0.4) is 0 Å². The third kappa shape index (κ3) is 2.86. The van der Waals surface area contributed by atoms with Gasteiger partial charge in [0.2, 0.25) is 0 Å². The van der Waals surface area contributed by atoms with Crippen molar-refractivity contribution in [2.75, 3.05) is 13.1 Å². The monoisotopic (exact) mass is 233 g/mol. The van der Waals surface area contributed by atoms with E-state index in [1.165, 1.54) is 11.1 Å². The Bertz CT molecular complexity index is 399. The highest BCUT2D eigenvalue weighted by molar-refractivity contribution is 5.71. The first-order valence-corrected chi connectivity index (χ1v) is 6.07. The van der Waals surface area contributed by atoms with E-state index in [9.17, 15) is 4.79 Å². The van der Waals surface area contributed by atoms with Crippen molar-refractivity contribution >= 4 is 5.97 Å². The van der Waals surface area contributed by atoms with Crippen LogP contribution in [0.5, 0.6) is 0 Å². The molecule has 2 atom stereocenters. The second-order valence-corrected chi connectivity index (χ2v) is 5.10. The summed E-state index contributed by atoms with van der Waals surface area (Å²) in [5, 5.41) is 9.08. The average molecular weight is 233 g/mol. The lowest BCUT2D eigenvalue weighted by atomic mass is 9.99. The standard InChI is InChI=1S/C14H19NO2/c1-10-3-5-12(6-4-10)8-15-7-11(2)13(9-15)14(16)17/h3-6,11,13H,7-9H2,1-2H3,(H,16,17). The predicted octanol–water partition coefficient (Wildman–Crippen LogP) is 2.15. The summed E-state index contributed by atoms with van der Waals surface area (Å²) in [6.07, 6.45) is 0. The summed E-state index contributed by atoms with van der Waals surface area (Å²) in [5.41, 5.74) is 2.51. The van der Waals surface area contributed by atoms with Gasteiger partial charge >= 0.3 is 5.97 Å². The molecule has 1 aromatic rings. The quantitative estimate of drug-likeness (QED) is 0.869. The van der Waals surface area contributed by atoms with E-state index in [2.05, 4.69) is 36.1 Å². The third-order valence-electron chi connectivity index (χ3n) is 3.53. The molecule has 92 valence electrons. The molecule has 1 aromatic carbocycles. The Labute approximate surface area is 102 Å². The lowest BCUT2D eigenvalue weighted by molar-refractivity contribution is -0.142. The number of carboxylic acid groups (broad SMARTS) is 1. The topological polar surface area (TPSA) is 40.5 Å². The van der Waals surface area contributed by atoms with Crippen molar-refractivity contribution in [2.24, 2.45) is 11.8 Å². The molecule has 0 aromatic heterocycles. The largest absolute Gasteiger partial charge is 0.481 e. The van der Waals surface area contributed by atoms with Crippen LogP contribution in [0.1, 0.15) is 18.1 Å². The second-order valence-electron chi connectivity index (χ2n) is 5.10. The minimum Gasteiger partial charge on any atom is -0.481 e. The number of likely N-dealkylation sites (tertiary alicyclic amines) is 1. The Kier molecular flexibility index (Phi) is 3.48. The molecule has 3 nitrogen and oxygen atoms in total. The van der Waals surface area contributed by atoms with Crippen LogP contribution in [0.2, 0.25) is 0 Å². The highest BCUT2D eigenvalue weighted by Crippen LogP contribution is 2.24. The van der Waals surface area contributed by atoms with Gasteiger partial charge in [-0.1, -0.05) is 36.8 Å². The van der Waals surface area contributed by atoms with Gasteiger partial charge < -0.3 is 5.11 Å². The van der Waals surface area contributed by atoms with E-state index < -0.39 is 5.97 Å². The number of benzene rings is 1. The molecule has 1 fully saturated rings. The summed E-state index contributed by atoms with van der Waals surface area (Å²) in [7, 11) is 0. The number of carboxylic acids is 1. The first-order valence-electron chi connectivity index (χ1n) is 6.07. The van der Waals surface area contributed by atoms with Crippen molar-refractivity contribution in [2.45, 2.75) is 20.4 Å². The highest BCUT2D eigenvalue weighted by atomic mass is 16.4. The first kappa shape index (κ1) is 12.1. The number of nitrogens with zero attached hydrogens (tertiary/aromatic N) is 1. The van der Waals surface area contributed by atoms with Gasteiger partial charge in [-0.25, -0.2) is 0 Å². The summed E-state index contributed by atoms with van der Waals surface area (Å²) < 4.78 is 0. The zero-order chi connectivity index (χ0) is 12.4. The van der Waals surface area contributed by atoms with E-state index in [0.717, 1.165) is 13.1 Å². The first-order chi connectivity index (χ1) is 8.06. The summed E-state index contributed by atoms with van der Waals surface area (Å²) >= 11 is 0. The Hall–Kier alpha value is -1.35. The van der Waals surface area contributed by atoms with Gasteiger partial charge in [0.1, 0.15) is 0 Å². The summed E-state index contributed by atoms with van der Waals surface area (Å²) in [4.78, 5) is 13.3. The molecule has 0 saturated carbocycles. The van der Waals surface area contributed by atoms with Crippen LogP contribution in [0.4, 0.5) is 0 Å². The average Bonchev–Trinajstić information content (AvgIpc) is 2.63. The maximum Gasteiger partial charge on any atom is 0.308 e. The lowest BCUT2D eigenvalue weighted by Gasteiger charge is -2.15. The van der Waals surface area contributed by atoms with Crippen molar-refractivity contribution in [3.63, 3.8) is 0 Å². The molecule has 0 spiro atoms. The van der Waals surface area contributed by atoms with Crippen molar-refractivity contribution in [1.29, 1.82) is 0 Å². The van der Waals surface area contributed by atoms with E-state index >= 15 is 0 Å². The molecule has 0 bridgehead atoms. The number of aliphatic carboxylic acids is 1. The molecule has 0 aliphatic carbocycles. The van der Waals surface area contributed by atoms with Crippen molar-refractivity contribution in [3.8, 4) is 0 Å². The van der Waals surface area contributed by atoms with Crippen LogP contribution >= 0.6 is 0 Å². The molecule has 1 aliphatic heterocycles. The van der Waals surface area contributed by atoms with Gasteiger partial charge in [-0.2, -0.15) is 0 Å². The van der Waals surface area contributed by atoms with E-state index in [-0.39, 0.29) is 11.8 Å². The van der Waals surface area contributed by atoms with Crippen LogP contribution in [-0.2, 0) is 11.3 Å². The smallest absolute Gasteiger partial charge is 0.308 e. The van der Waals surface area contributed by atoms with E-state index in [4.69, 9.17) is 5.11 Å². The molecule has 1 heterocycles. The fraction of sp³-hybridized carbons (Fsp3) is 0.500. The van der Waals surface area contributed by atoms with Gasteiger partial charge in [0.25, 0.3) is 0 Å². The molecule has 0 radical (unpaired) electrons. The third-order valence-corrected chi connectivity index (χ3v) is 3.53. The molecular weight excluding hydrogens is 214 g/mol. The van der Waals surface area contributed by atoms with E-state index in [1.807, 2.05) is 6.92 Å². The zero-order valence-corrected chi connectivity index (χ0v) is 10.4. The molecule has 2 rings (SSSR count). The SMILES string of the molecule is Cc1ccc(CN2CC(C)C(C(=O)O)C2)cc1. The van der Waals surface area contributed by atoms with Gasteiger partial charge in [0.05, 0.1) is 5.92 Å². The predicted molar refractivity (Wildman–Crippen MR) is 66.7 cm³/mol. The number of aryl methyl sites for hydroxylation is 1. The van der Waals surface area contributed by atoms with Crippen LogP contribution < -0.4 is 0 Å². The van der Waals surface area contributed by atoms with Crippen molar-refractivity contribution < 1.29 is 9.90 Å². The molecule has 1 aliphatic rings. The Morgan fingerprint density at radius 1 is 1.35 bits per heavy atom. The Morgan fingerprint density at radius 3 is 2.53 bits per heavy atom. The molecule has 0 amide bonds. The van der Waals surface area contributed by atoms with Crippen molar-refractivity contribution in [3.05, 3.63) is 35.4 Å². The highest BCUT2D eigenvalue weighted by Gasteiger charge is 2.34. The van der Waals surface area contributed by atoms with Crippen molar-refractivity contribution in [1.82, 2.24) is 4.90 Å². The molecule has 2 unspecified atom stereocenters. The lowest BCUT2D eigenvalue weighted by Crippen LogP contribution is -2.23. The summed E-state index contributed by atoms with van der Waals surface area (Å²) in [5.74, 6) is -0.623. The fourth-order valence-electron chi connectivity index (χ4n) is 2.47. The van der Waals surface area contributed by atoms with E-state index in [0.29, 0.717) is 6.54 Å². The number of carbonyl (C=O) groups is 1. The Balaban J connectivity index is 1.97. The number of rotatable bonds is 3. The van der Waals surface area contributed by atoms with Crippen LogP contribution in [0.15, 0.2) is 24.3 Å². The fourth-order valence-corrected chi connectivity index (χ4v) is 2.47. The summed E-state index contributed by atoms with van der Waals surface area (Å²) in [6, 6.07) is 8.44. The van der Waals surface area contributed by atoms with E-state index in [1.54, 1.807) is 0 Å². The zero-order valence-electron chi connectivity index (χ0n) is 10.4. The number of hydrogen-bond donors (Lipinski definition) is 1. The van der Waals surface area contributed by atoms with Crippen LogP contribution in [0, 0.1) is 18.8 Å². The second kappa shape index (κ2) is 4.88. The molecule has 17 heavy (non-hydrogen) atoms. The van der Waals surface area contributed by atoms with Gasteiger partial charge in [-0.15, -0.1) is 0 Å². The Morgan fingerprint density at radius 2 is 2.00 bits per heavy atom. The number of hydrogen-bond acceptors (Lipinski definition) is 2. The van der Waals surface area contributed by atoms with Crippen LogP contribution in [0.25, 0.3) is 0 Å². The molecular formula is C14H19NO2. The normalized spacial score (nSPS) is 25.1. The van der Waals surface area contributed by atoms with Gasteiger partial charge in [-0.3, -0.25) is 9.69 Å². The van der Waals surface area contributed by atoms with Gasteiger partial charge in [0.15, 0.2) is 0 Å². The molecule has 3 heteroatoms. The molecule has 1 N–H and O–H groups in total.